The van der Waals surface area contributed by atoms with Gasteiger partial charge >= 0.3 is 0 Å². The van der Waals surface area contributed by atoms with E-state index in [1.807, 2.05) is 0 Å². The molecular weight excluding hydrogens is 250 g/mol. The third-order valence-electron chi connectivity index (χ3n) is 2.37. The molecule has 1 aromatic carbocycles. The van der Waals surface area contributed by atoms with Crippen molar-refractivity contribution in [2.45, 2.75) is 6.54 Å². The molecular formula is C10H10F2N2O2S. The van der Waals surface area contributed by atoms with Crippen LogP contribution >= 0.6 is 0 Å². The second kappa shape index (κ2) is 4.06. The molecule has 0 aliphatic rings. The summed E-state index contributed by atoms with van der Waals surface area (Å²) in [7, 11) is -3.10. The van der Waals surface area contributed by atoms with Gasteiger partial charge in [0.05, 0.1) is 23.1 Å². The quantitative estimate of drug-likeness (QED) is 0.837. The minimum atomic E-state index is -3.10. The first-order valence-electron chi connectivity index (χ1n) is 4.84. The molecule has 17 heavy (non-hydrogen) atoms. The molecule has 2 aromatic rings. The molecule has 0 aliphatic heterocycles. The Balaban J connectivity index is 2.39. The summed E-state index contributed by atoms with van der Waals surface area (Å²) in [5.41, 5.74) is 0.685. The topological polar surface area (TPSA) is 52.0 Å². The molecule has 0 saturated heterocycles. The lowest BCUT2D eigenvalue weighted by molar-refractivity contribution is 0.510. The summed E-state index contributed by atoms with van der Waals surface area (Å²) < 4.78 is 49.5. The number of rotatable bonds is 3. The maximum Gasteiger partial charge on any atom is 0.161 e. The first-order chi connectivity index (χ1) is 7.87. The van der Waals surface area contributed by atoms with Crippen molar-refractivity contribution in [2.24, 2.45) is 0 Å². The van der Waals surface area contributed by atoms with Gasteiger partial charge in [-0.15, -0.1) is 0 Å². The van der Waals surface area contributed by atoms with Crippen molar-refractivity contribution in [2.75, 3.05) is 12.0 Å². The molecule has 2 rings (SSSR count). The highest BCUT2D eigenvalue weighted by Gasteiger charge is 2.10. The predicted octanol–water partition coefficient (Wildman–Crippen LogP) is 1.36. The second-order valence-corrected chi connectivity index (χ2v) is 6.08. The number of hydrogen-bond acceptors (Lipinski definition) is 3. The van der Waals surface area contributed by atoms with E-state index in [9.17, 15) is 17.2 Å². The molecule has 0 saturated carbocycles. The zero-order valence-corrected chi connectivity index (χ0v) is 9.84. The van der Waals surface area contributed by atoms with Crippen LogP contribution in [0.5, 0.6) is 0 Å². The van der Waals surface area contributed by atoms with Gasteiger partial charge in [-0.05, 0) is 0 Å². The number of aromatic nitrogens is 2. The van der Waals surface area contributed by atoms with Crippen molar-refractivity contribution in [1.29, 1.82) is 0 Å². The Morgan fingerprint density at radius 1 is 1.29 bits per heavy atom. The van der Waals surface area contributed by atoms with E-state index in [-0.39, 0.29) is 12.3 Å². The van der Waals surface area contributed by atoms with Crippen LogP contribution < -0.4 is 0 Å². The molecule has 1 aromatic heterocycles. The van der Waals surface area contributed by atoms with Crippen molar-refractivity contribution in [3.8, 4) is 0 Å². The lowest BCUT2D eigenvalue weighted by atomic mass is 10.3. The standard InChI is InChI=1S/C10H10F2N2O2S/c1-17(15,16)3-2-14-6-13-9-4-7(11)8(12)5-10(9)14/h4-6H,2-3H2,1H3. The van der Waals surface area contributed by atoms with Crippen LogP contribution in [0.1, 0.15) is 0 Å². The highest BCUT2D eigenvalue weighted by atomic mass is 32.2. The first-order valence-corrected chi connectivity index (χ1v) is 6.90. The fourth-order valence-electron chi connectivity index (χ4n) is 1.50. The zero-order chi connectivity index (χ0) is 12.6. The van der Waals surface area contributed by atoms with E-state index < -0.39 is 21.5 Å². The van der Waals surface area contributed by atoms with Crippen molar-refractivity contribution in [1.82, 2.24) is 9.55 Å². The van der Waals surface area contributed by atoms with Crippen molar-refractivity contribution in [3.05, 3.63) is 30.1 Å². The molecule has 1 heterocycles. The number of benzene rings is 1. The number of aryl methyl sites for hydroxylation is 1. The number of hydrogen-bond donors (Lipinski definition) is 0. The van der Waals surface area contributed by atoms with Gasteiger partial charge in [0, 0.05) is 24.9 Å². The molecule has 0 N–H and O–H groups in total. The van der Waals surface area contributed by atoms with Gasteiger partial charge in [-0.2, -0.15) is 0 Å². The minimum Gasteiger partial charge on any atom is -0.329 e. The molecule has 0 amide bonds. The first kappa shape index (κ1) is 12.0. The molecule has 0 radical (unpaired) electrons. The van der Waals surface area contributed by atoms with Crippen molar-refractivity contribution >= 4 is 20.9 Å². The Hall–Kier alpha value is -1.50. The summed E-state index contributed by atoms with van der Waals surface area (Å²) in [6.07, 6.45) is 2.49. The van der Waals surface area contributed by atoms with E-state index in [1.54, 1.807) is 0 Å². The molecule has 4 nitrogen and oxygen atoms in total. The van der Waals surface area contributed by atoms with Gasteiger partial charge < -0.3 is 4.57 Å². The molecule has 0 unspecified atom stereocenters. The Labute approximate surface area is 96.8 Å². The Kier molecular flexibility index (Phi) is 2.86. The van der Waals surface area contributed by atoms with Crippen LogP contribution in [0.15, 0.2) is 18.5 Å². The maximum absolute atomic E-state index is 13.0. The van der Waals surface area contributed by atoms with Crippen LogP contribution in [-0.2, 0) is 16.4 Å². The summed E-state index contributed by atoms with van der Waals surface area (Å²) in [5, 5.41) is 0. The number of fused-ring (bicyclic) bond motifs is 1. The van der Waals surface area contributed by atoms with E-state index in [4.69, 9.17) is 0 Å². The lowest BCUT2D eigenvalue weighted by Gasteiger charge is -2.03. The Bertz CT molecular complexity index is 664. The van der Waals surface area contributed by atoms with Crippen LogP contribution in [0, 0.1) is 11.6 Å². The van der Waals surface area contributed by atoms with Crippen LogP contribution in [-0.4, -0.2) is 30.0 Å². The lowest BCUT2D eigenvalue weighted by Crippen LogP contribution is -2.10. The number of imidazole rings is 1. The van der Waals surface area contributed by atoms with Crippen LogP contribution in [0.2, 0.25) is 0 Å². The van der Waals surface area contributed by atoms with Gasteiger partial charge in [-0.3, -0.25) is 0 Å². The van der Waals surface area contributed by atoms with Crippen molar-refractivity contribution < 1.29 is 17.2 Å². The fourth-order valence-corrected chi connectivity index (χ4v) is 2.02. The third-order valence-corrected chi connectivity index (χ3v) is 3.29. The van der Waals surface area contributed by atoms with E-state index >= 15 is 0 Å². The van der Waals surface area contributed by atoms with E-state index in [0.29, 0.717) is 11.0 Å². The third kappa shape index (κ3) is 2.60. The van der Waals surface area contributed by atoms with Crippen LogP contribution in [0.4, 0.5) is 8.78 Å². The Morgan fingerprint density at radius 2 is 1.94 bits per heavy atom. The molecule has 0 spiro atoms. The largest absolute Gasteiger partial charge is 0.329 e. The van der Waals surface area contributed by atoms with Gasteiger partial charge in [0.15, 0.2) is 11.6 Å². The van der Waals surface area contributed by atoms with E-state index in [0.717, 1.165) is 18.4 Å². The summed E-state index contributed by atoms with van der Waals surface area (Å²) >= 11 is 0. The van der Waals surface area contributed by atoms with Gasteiger partial charge in [0.1, 0.15) is 9.84 Å². The van der Waals surface area contributed by atoms with Gasteiger partial charge in [0.25, 0.3) is 0 Å². The van der Waals surface area contributed by atoms with E-state index in [2.05, 4.69) is 4.98 Å². The average molecular weight is 260 g/mol. The molecule has 0 aliphatic carbocycles. The monoisotopic (exact) mass is 260 g/mol. The summed E-state index contributed by atoms with van der Waals surface area (Å²) in [4.78, 5) is 3.88. The minimum absolute atomic E-state index is 0.0720. The molecule has 92 valence electrons. The van der Waals surface area contributed by atoms with E-state index in [1.165, 1.54) is 10.9 Å². The predicted molar refractivity (Wildman–Crippen MR) is 59.4 cm³/mol. The fraction of sp³-hybridized carbons (Fsp3) is 0.300. The zero-order valence-electron chi connectivity index (χ0n) is 9.02. The summed E-state index contributed by atoms with van der Waals surface area (Å²) in [5.74, 6) is -2.01. The molecule has 0 fully saturated rings. The molecule has 0 atom stereocenters. The maximum atomic E-state index is 13.0. The number of nitrogens with zero attached hydrogens (tertiary/aromatic N) is 2. The number of sulfone groups is 1. The number of halogens is 2. The van der Waals surface area contributed by atoms with Gasteiger partial charge in [0.2, 0.25) is 0 Å². The Morgan fingerprint density at radius 3 is 2.59 bits per heavy atom. The second-order valence-electron chi connectivity index (χ2n) is 3.82. The van der Waals surface area contributed by atoms with Crippen molar-refractivity contribution in [3.63, 3.8) is 0 Å². The van der Waals surface area contributed by atoms with Gasteiger partial charge in [-0.1, -0.05) is 0 Å². The average Bonchev–Trinajstić information content (AvgIpc) is 2.57. The highest BCUT2D eigenvalue weighted by molar-refractivity contribution is 7.90. The highest BCUT2D eigenvalue weighted by Crippen LogP contribution is 2.17. The van der Waals surface area contributed by atoms with Gasteiger partial charge in [-0.25, -0.2) is 22.2 Å². The summed E-state index contributed by atoms with van der Waals surface area (Å²) in [6, 6.07) is 2.00. The molecule has 7 heteroatoms. The molecule has 0 bridgehead atoms. The summed E-state index contributed by atoms with van der Waals surface area (Å²) in [6.45, 7) is 0.167. The van der Waals surface area contributed by atoms with Crippen LogP contribution in [0.3, 0.4) is 0 Å². The smallest absolute Gasteiger partial charge is 0.161 e. The van der Waals surface area contributed by atoms with Crippen LogP contribution in [0.25, 0.3) is 11.0 Å². The SMILES string of the molecule is CS(=O)(=O)CCn1cnc2cc(F)c(F)cc21. The normalized spacial score (nSPS) is 12.2.